The van der Waals surface area contributed by atoms with Crippen molar-refractivity contribution in [2.24, 2.45) is 5.92 Å². The van der Waals surface area contributed by atoms with Crippen LogP contribution in [0.4, 0.5) is 5.82 Å². The van der Waals surface area contributed by atoms with Crippen LogP contribution >= 0.6 is 0 Å². The fourth-order valence-corrected chi connectivity index (χ4v) is 4.08. The minimum atomic E-state index is -3.18. The van der Waals surface area contributed by atoms with Crippen LogP contribution in [0.15, 0.2) is 36.4 Å². The van der Waals surface area contributed by atoms with E-state index in [-0.39, 0.29) is 11.8 Å². The Hall–Kier alpha value is -2.19. The number of carbonyl (C=O) groups excluding carboxylic acids is 1. The van der Waals surface area contributed by atoms with E-state index in [1.165, 1.54) is 10.6 Å². The Labute approximate surface area is 154 Å². The summed E-state index contributed by atoms with van der Waals surface area (Å²) in [5, 5.41) is 7.43. The number of amides is 1. The molecule has 1 aromatic heterocycles. The van der Waals surface area contributed by atoms with E-state index in [1.54, 1.807) is 4.68 Å². The number of nitrogens with one attached hydrogen (secondary N) is 1. The zero-order chi connectivity index (χ0) is 18.7. The van der Waals surface area contributed by atoms with Gasteiger partial charge in [-0.25, -0.2) is 17.4 Å². The van der Waals surface area contributed by atoms with Gasteiger partial charge in [-0.05, 0) is 25.3 Å². The molecule has 1 N–H and O–H groups in total. The van der Waals surface area contributed by atoms with Crippen molar-refractivity contribution >= 4 is 21.7 Å². The topological polar surface area (TPSA) is 84.3 Å². The van der Waals surface area contributed by atoms with E-state index in [0.717, 1.165) is 11.3 Å². The molecule has 3 rings (SSSR count). The Morgan fingerprint density at radius 2 is 1.88 bits per heavy atom. The normalized spacial score (nSPS) is 16.5. The summed E-state index contributed by atoms with van der Waals surface area (Å²) in [6.07, 6.45) is 2.27. The highest BCUT2D eigenvalue weighted by Crippen LogP contribution is 2.22. The number of rotatable bonds is 5. The summed E-state index contributed by atoms with van der Waals surface area (Å²) in [5.41, 5.74) is 1.94. The number of aromatic nitrogens is 2. The molecule has 0 bridgehead atoms. The van der Waals surface area contributed by atoms with Crippen molar-refractivity contribution in [2.75, 3.05) is 24.7 Å². The van der Waals surface area contributed by atoms with E-state index in [2.05, 4.69) is 10.4 Å². The maximum absolute atomic E-state index is 12.6. The molecule has 1 saturated heterocycles. The number of carbonyl (C=O) groups is 1. The standard InChI is InChI=1S/C18H24N4O3S/c1-14-12-17(22(20-14)13-15-6-4-3-5-7-15)19-18(23)16-8-10-21(11-9-16)26(2,24)25/h3-7,12,16H,8-11,13H2,1-2H3,(H,19,23). The van der Waals surface area contributed by atoms with Crippen LogP contribution in [-0.2, 0) is 21.4 Å². The molecule has 0 aliphatic carbocycles. The van der Waals surface area contributed by atoms with Crippen LogP contribution in [0.1, 0.15) is 24.1 Å². The molecule has 1 amide bonds. The fourth-order valence-electron chi connectivity index (χ4n) is 3.20. The van der Waals surface area contributed by atoms with Crippen molar-refractivity contribution in [3.05, 3.63) is 47.7 Å². The molecule has 0 saturated carbocycles. The summed E-state index contributed by atoms with van der Waals surface area (Å²) < 4.78 is 26.4. The summed E-state index contributed by atoms with van der Waals surface area (Å²) in [7, 11) is -3.18. The van der Waals surface area contributed by atoms with E-state index in [9.17, 15) is 13.2 Å². The van der Waals surface area contributed by atoms with Gasteiger partial charge in [0.05, 0.1) is 18.5 Å². The summed E-state index contributed by atoms with van der Waals surface area (Å²) in [5.74, 6) is 0.405. The van der Waals surface area contributed by atoms with Crippen molar-refractivity contribution in [1.29, 1.82) is 0 Å². The van der Waals surface area contributed by atoms with Gasteiger partial charge in [0.25, 0.3) is 0 Å². The predicted molar refractivity (Wildman–Crippen MR) is 100 cm³/mol. The third-order valence-corrected chi connectivity index (χ3v) is 5.93. The average Bonchev–Trinajstić information content (AvgIpc) is 2.94. The highest BCUT2D eigenvalue weighted by Gasteiger charge is 2.29. The van der Waals surface area contributed by atoms with Crippen molar-refractivity contribution in [2.45, 2.75) is 26.3 Å². The summed E-state index contributed by atoms with van der Waals surface area (Å²) in [6.45, 7) is 3.25. The molecule has 26 heavy (non-hydrogen) atoms. The quantitative estimate of drug-likeness (QED) is 0.863. The molecule has 0 unspecified atom stereocenters. The maximum atomic E-state index is 12.6. The SMILES string of the molecule is Cc1cc(NC(=O)C2CCN(S(C)(=O)=O)CC2)n(Cc2ccccc2)n1. The molecular weight excluding hydrogens is 352 g/mol. The molecule has 8 heteroatoms. The van der Waals surface area contributed by atoms with Crippen molar-refractivity contribution < 1.29 is 13.2 Å². The molecule has 1 fully saturated rings. The number of piperidine rings is 1. The molecule has 0 atom stereocenters. The van der Waals surface area contributed by atoms with Gasteiger partial charge in [0.1, 0.15) is 5.82 Å². The monoisotopic (exact) mass is 376 g/mol. The minimum absolute atomic E-state index is 0.0765. The highest BCUT2D eigenvalue weighted by atomic mass is 32.2. The molecule has 1 aliphatic heterocycles. The van der Waals surface area contributed by atoms with Gasteiger partial charge < -0.3 is 5.32 Å². The van der Waals surface area contributed by atoms with Crippen LogP contribution in [0.25, 0.3) is 0 Å². The molecular formula is C18H24N4O3S. The van der Waals surface area contributed by atoms with Gasteiger partial charge in [0, 0.05) is 25.1 Å². The first kappa shape index (κ1) is 18.6. The Morgan fingerprint density at radius 1 is 1.23 bits per heavy atom. The first-order valence-electron chi connectivity index (χ1n) is 8.67. The number of sulfonamides is 1. The van der Waals surface area contributed by atoms with Gasteiger partial charge in [-0.15, -0.1) is 0 Å². The molecule has 1 aromatic carbocycles. The zero-order valence-electron chi connectivity index (χ0n) is 15.1. The zero-order valence-corrected chi connectivity index (χ0v) is 15.9. The Bertz CT molecular complexity index is 869. The number of hydrogen-bond donors (Lipinski definition) is 1. The molecule has 0 radical (unpaired) electrons. The lowest BCUT2D eigenvalue weighted by molar-refractivity contribution is -0.121. The second-order valence-corrected chi connectivity index (χ2v) is 8.72. The van der Waals surface area contributed by atoms with Gasteiger partial charge in [0.2, 0.25) is 15.9 Å². The molecule has 140 valence electrons. The summed E-state index contributed by atoms with van der Waals surface area (Å²) >= 11 is 0. The molecule has 2 heterocycles. The van der Waals surface area contributed by atoms with Crippen LogP contribution in [-0.4, -0.2) is 47.8 Å². The van der Waals surface area contributed by atoms with E-state index >= 15 is 0 Å². The van der Waals surface area contributed by atoms with Crippen molar-refractivity contribution in [3.8, 4) is 0 Å². The second-order valence-electron chi connectivity index (χ2n) is 6.74. The number of anilines is 1. The van der Waals surface area contributed by atoms with Gasteiger partial charge in [0.15, 0.2) is 0 Å². The lowest BCUT2D eigenvalue weighted by Crippen LogP contribution is -2.41. The van der Waals surface area contributed by atoms with Crippen molar-refractivity contribution in [1.82, 2.24) is 14.1 Å². The molecule has 7 nitrogen and oxygen atoms in total. The van der Waals surface area contributed by atoms with Crippen molar-refractivity contribution in [3.63, 3.8) is 0 Å². The van der Waals surface area contributed by atoms with Gasteiger partial charge >= 0.3 is 0 Å². The largest absolute Gasteiger partial charge is 0.311 e. The van der Waals surface area contributed by atoms with Gasteiger partial charge in [-0.3, -0.25) is 4.79 Å². The lowest BCUT2D eigenvalue weighted by Gasteiger charge is -2.29. The first-order chi connectivity index (χ1) is 12.3. The molecule has 0 spiro atoms. The van der Waals surface area contributed by atoms with E-state index in [1.807, 2.05) is 43.3 Å². The Balaban J connectivity index is 1.65. The third kappa shape index (κ3) is 4.50. The van der Waals surface area contributed by atoms with Crippen LogP contribution in [0.5, 0.6) is 0 Å². The highest BCUT2D eigenvalue weighted by molar-refractivity contribution is 7.88. The summed E-state index contributed by atoms with van der Waals surface area (Å²) in [6, 6.07) is 11.8. The number of aryl methyl sites for hydroxylation is 1. The van der Waals surface area contributed by atoms with Gasteiger partial charge in [-0.2, -0.15) is 5.10 Å². The Morgan fingerprint density at radius 3 is 2.50 bits per heavy atom. The van der Waals surface area contributed by atoms with Crippen LogP contribution < -0.4 is 5.32 Å². The van der Waals surface area contributed by atoms with E-state index < -0.39 is 10.0 Å². The third-order valence-electron chi connectivity index (χ3n) is 4.62. The smallest absolute Gasteiger partial charge is 0.228 e. The Kier molecular flexibility index (Phi) is 5.43. The van der Waals surface area contributed by atoms with Crippen LogP contribution in [0.3, 0.4) is 0 Å². The van der Waals surface area contributed by atoms with Gasteiger partial charge in [-0.1, -0.05) is 30.3 Å². The molecule has 1 aliphatic rings. The predicted octanol–water partition coefficient (Wildman–Crippen LogP) is 1.85. The van der Waals surface area contributed by atoms with Crippen LogP contribution in [0, 0.1) is 12.8 Å². The maximum Gasteiger partial charge on any atom is 0.228 e. The number of nitrogens with zero attached hydrogens (tertiary/aromatic N) is 3. The molecule has 2 aromatic rings. The van der Waals surface area contributed by atoms with Crippen LogP contribution in [0.2, 0.25) is 0 Å². The number of hydrogen-bond acceptors (Lipinski definition) is 4. The lowest BCUT2D eigenvalue weighted by atomic mass is 9.97. The minimum Gasteiger partial charge on any atom is -0.311 e. The average molecular weight is 376 g/mol. The first-order valence-corrected chi connectivity index (χ1v) is 10.5. The summed E-state index contributed by atoms with van der Waals surface area (Å²) in [4.78, 5) is 12.6. The van der Waals surface area contributed by atoms with E-state index in [0.29, 0.717) is 38.3 Å². The van der Waals surface area contributed by atoms with E-state index in [4.69, 9.17) is 0 Å². The number of benzene rings is 1. The fraction of sp³-hybridized carbons (Fsp3) is 0.444. The second kappa shape index (κ2) is 7.59.